The Bertz CT molecular complexity index is 367. The Morgan fingerprint density at radius 2 is 2.18 bits per heavy atom. The molecule has 1 fully saturated rings. The summed E-state index contributed by atoms with van der Waals surface area (Å²) in [5, 5.41) is 9.54. The molecule has 94 valence electrons. The fourth-order valence-corrected chi connectivity index (χ4v) is 2.18. The zero-order valence-electron chi connectivity index (χ0n) is 10.5. The van der Waals surface area contributed by atoms with Gasteiger partial charge in [-0.1, -0.05) is 0 Å². The van der Waals surface area contributed by atoms with Crippen LogP contribution in [0.4, 0.5) is 11.6 Å². The van der Waals surface area contributed by atoms with Gasteiger partial charge in [-0.05, 0) is 20.3 Å². The Hall–Kier alpha value is -1.36. The largest absolute Gasteiger partial charge is 0.391 e. The van der Waals surface area contributed by atoms with Gasteiger partial charge < -0.3 is 14.9 Å². The second-order valence-corrected chi connectivity index (χ2v) is 4.30. The van der Waals surface area contributed by atoms with E-state index >= 15 is 0 Å². The highest BCUT2D eigenvalue weighted by atomic mass is 16.3. The van der Waals surface area contributed by atoms with E-state index in [4.69, 9.17) is 0 Å². The predicted octanol–water partition coefficient (Wildman–Crippen LogP) is 0.894. The highest BCUT2D eigenvalue weighted by Crippen LogP contribution is 2.21. The molecule has 0 aliphatic carbocycles. The molecule has 17 heavy (non-hydrogen) atoms. The molecule has 1 N–H and O–H groups in total. The lowest BCUT2D eigenvalue weighted by atomic mass is 10.3. The van der Waals surface area contributed by atoms with Gasteiger partial charge in [-0.2, -0.15) is 0 Å². The van der Waals surface area contributed by atoms with Gasteiger partial charge in [0.1, 0.15) is 18.0 Å². The van der Waals surface area contributed by atoms with Crippen molar-refractivity contribution in [2.24, 2.45) is 0 Å². The molecule has 1 aromatic rings. The van der Waals surface area contributed by atoms with Gasteiger partial charge in [0.25, 0.3) is 0 Å². The molecule has 1 saturated heterocycles. The lowest BCUT2D eigenvalue weighted by Gasteiger charge is -2.22. The van der Waals surface area contributed by atoms with Crippen molar-refractivity contribution in [1.82, 2.24) is 9.97 Å². The van der Waals surface area contributed by atoms with Crippen LogP contribution in [-0.4, -0.2) is 47.4 Å². The van der Waals surface area contributed by atoms with Crippen LogP contribution < -0.4 is 9.80 Å². The summed E-state index contributed by atoms with van der Waals surface area (Å²) in [6.45, 7) is 7.66. The van der Waals surface area contributed by atoms with E-state index in [-0.39, 0.29) is 6.10 Å². The van der Waals surface area contributed by atoms with Crippen molar-refractivity contribution in [3.05, 3.63) is 12.4 Å². The number of aromatic nitrogens is 2. The van der Waals surface area contributed by atoms with Crippen molar-refractivity contribution >= 4 is 11.6 Å². The van der Waals surface area contributed by atoms with Gasteiger partial charge in [0.05, 0.1) is 6.10 Å². The van der Waals surface area contributed by atoms with Crippen molar-refractivity contribution in [2.75, 3.05) is 36.0 Å². The van der Waals surface area contributed by atoms with E-state index in [1.54, 1.807) is 6.33 Å². The van der Waals surface area contributed by atoms with E-state index in [1.807, 2.05) is 6.07 Å². The minimum Gasteiger partial charge on any atom is -0.391 e. The van der Waals surface area contributed by atoms with Crippen LogP contribution in [0.15, 0.2) is 12.4 Å². The predicted molar refractivity (Wildman–Crippen MR) is 68.4 cm³/mol. The molecule has 0 bridgehead atoms. The van der Waals surface area contributed by atoms with E-state index in [0.29, 0.717) is 6.54 Å². The number of anilines is 2. The molecule has 1 aromatic heterocycles. The maximum Gasteiger partial charge on any atom is 0.134 e. The zero-order chi connectivity index (χ0) is 12.3. The third kappa shape index (κ3) is 2.66. The number of hydrogen-bond acceptors (Lipinski definition) is 5. The van der Waals surface area contributed by atoms with Crippen LogP contribution in [0.3, 0.4) is 0 Å². The Labute approximate surface area is 102 Å². The minimum atomic E-state index is -0.220. The van der Waals surface area contributed by atoms with Gasteiger partial charge in [-0.25, -0.2) is 9.97 Å². The van der Waals surface area contributed by atoms with Crippen LogP contribution in [-0.2, 0) is 0 Å². The molecule has 2 heterocycles. The Morgan fingerprint density at radius 3 is 2.76 bits per heavy atom. The molecule has 1 aliphatic rings. The number of β-amino-alcohol motifs (C(OH)–C–C–N with tert-alkyl or cyclic N) is 1. The summed E-state index contributed by atoms with van der Waals surface area (Å²) in [5.74, 6) is 1.87. The molecule has 0 unspecified atom stereocenters. The molecular formula is C12H20N4O. The maximum absolute atomic E-state index is 9.54. The summed E-state index contributed by atoms with van der Waals surface area (Å²) in [7, 11) is 0. The van der Waals surface area contributed by atoms with E-state index in [1.165, 1.54) is 0 Å². The standard InChI is InChI=1S/C12H20N4O/c1-3-15(4-2)11-7-12(14-9-13-11)16-6-5-10(17)8-16/h7,9-10,17H,3-6,8H2,1-2H3/t10-/m0/s1. The molecule has 0 amide bonds. The molecule has 1 aliphatic heterocycles. The second-order valence-electron chi connectivity index (χ2n) is 4.30. The number of aliphatic hydroxyl groups is 1. The first-order chi connectivity index (χ1) is 8.24. The highest BCUT2D eigenvalue weighted by Gasteiger charge is 2.21. The van der Waals surface area contributed by atoms with E-state index in [9.17, 15) is 5.11 Å². The number of rotatable bonds is 4. The molecule has 2 rings (SSSR count). The van der Waals surface area contributed by atoms with Gasteiger partial charge in [-0.15, -0.1) is 0 Å². The summed E-state index contributed by atoms with van der Waals surface area (Å²) in [4.78, 5) is 12.9. The molecule has 5 nitrogen and oxygen atoms in total. The lowest BCUT2D eigenvalue weighted by Crippen LogP contribution is -2.25. The normalized spacial score (nSPS) is 19.7. The summed E-state index contributed by atoms with van der Waals surface area (Å²) in [6.07, 6.45) is 2.21. The van der Waals surface area contributed by atoms with Crippen molar-refractivity contribution in [3.63, 3.8) is 0 Å². The first-order valence-corrected chi connectivity index (χ1v) is 6.24. The highest BCUT2D eigenvalue weighted by molar-refractivity contribution is 5.50. The molecule has 1 atom stereocenters. The number of hydrogen-bond donors (Lipinski definition) is 1. The summed E-state index contributed by atoms with van der Waals surface area (Å²) in [6, 6.07) is 2.00. The average molecular weight is 236 g/mol. The third-order valence-corrected chi connectivity index (χ3v) is 3.21. The number of nitrogens with zero attached hydrogens (tertiary/aromatic N) is 4. The molecule has 0 saturated carbocycles. The van der Waals surface area contributed by atoms with Crippen molar-refractivity contribution in [2.45, 2.75) is 26.4 Å². The Kier molecular flexibility index (Phi) is 3.78. The van der Waals surface area contributed by atoms with Gasteiger partial charge in [0.15, 0.2) is 0 Å². The number of aliphatic hydroxyl groups excluding tert-OH is 1. The van der Waals surface area contributed by atoms with Gasteiger partial charge >= 0.3 is 0 Å². The van der Waals surface area contributed by atoms with E-state index < -0.39 is 0 Å². The summed E-state index contributed by atoms with van der Waals surface area (Å²) in [5.41, 5.74) is 0. The Morgan fingerprint density at radius 1 is 1.41 bits per heavy atom. The van der Waals surface area contributed by atoms with Crippen molar-refractivity contribution < 1.29 is 5.11 Å². The average Bonchev–Trinajstić information content (AvgIpc) is 2.78. The van der Waals surface area contributed by atoms with Crippen LogP contribution in [0.1, 0.15) is 20.3 Å². The molecule has 0 radical (unpaired) electrons. The van der Waals surface area contributed by atoms with E-state index in [2.05, 4.69) is 33.6 Å². The summed E-state index contributed by atoms with van der Waals surface area (Å²) >= 11 is 0. The van der Waals surface area contributed by atoms with Gasteiger partial charge in [-0.3, -0.25) is 0 Å². The van der Waals surface area contributed by atoms with E-state index in [0.717, 1.165) is 37.7 Å². The van der Waals surface area contributed by atoms with Gasteiger partial charge in [0, 0.05) is 32.2 Å². The zero-order valence-corrected chi connectivity index (χ0v) is 10.5. The monoisotopic (exact) mass is 236 g/mol. The smallest absolute Gasteiger partial charge is 0.134 e. The molecule has 0 aromatic carbocycles. The lowest BCUT2D eigenvalue weighted by molar-refractivity contribution is 0.198. The quantitative estimate of drug-likeness (QED) is 0.841. The molecule has 0 spiro atoms. The Balaban J connectivity index is 2.16. The topological polar surface area (TPSA) is 52.5 Å². The first-order valence-electron chi connectivity index (χ1n) is 6.24. The maximum atomic E-state index is 9.54. The molecular weight excluding hydrogens is 216 g/mol. The fourth-order valence-electron chi connectivity index (χ4n) is 2.18. The SMILES string of the molecule is CCN(CC)c1cc(N2CC[C@H](O)C2)ncn1. The minimum absolute atomic E-state index is 0.220. The van der Waals surface area contributed by atoms with Gasteiger partial charge in [0.2, 0.25) is 0 Å². The van der Waals surface area contributed by atoms with Crippen LogP contribution >= 0.6 is 0 Å². The second kappa shape index (κ2) is 5.31. The van der Waals surface area contributed by atoms with Crippen molar-refractivity contribution in [3.8, 4) is 0 Å². The fraction of sp³-hybridized carbons (Fsp3) is 0.667. The third-order valence-electron chi connectivity index (χ3n) is 3.21. The van der Waals surface area contributed by atoms with Crippen molar-refractivity contribution in [1.29, 1.82) is 0 Å². The van der Waals surface area contributed by atoms with Crippen LogP contribution in [0.5, 0.6) is 0 Å². The first kappa shape index (κ1) is 12.1. The summed E-state index contributed by atoms with van der Waals surface area (Å²) < 4.78 is 0. The van der Waals surface area contributed by atoms with Crippen LogP contribution in [0.25, 0.3) is 0 Å². The van der Waals surface area contributed by atoms with Crippen LogP contribution in [0.2, 0.25) is 0 Å². The van der Waals surface area contributed by atoms with Crippen LogP contribution in [0, 0.1) is 0 Å². The molecule has 5 heteroatoms.